The first-order valence-corrected chi connectivity index (χ1v) is 14.9. The van der Waals surface area contributed by atoms with Crippen molar-refractivity contribution in [1.29, 1.82) is 0 Å². The molecule has 1 aromatic heterocycles. The molecule has 0 radical (unpaired) electrons. The number of rotatable bonds is 14. The zero-order chi connectivity index (χ0) is 30.0. The van der Waals surface area contributed by atoms with Gasteiger partial charge in [-0.15, -0.1) is 0 Å². The summed E-state index contributed by atoms with van der Waals surface area (Å²) in [5.74, 6) is 3.50. The summed E-state index contributed by atoms with van der Waals surface area (Å²) < 4.78 is 19.2. The second kappa shape index (κ2) is 14.6. The van der Waals surface area contributed by atoms with E-state index in [0.29, 0.717) is 13.1 Å². The molecule has 222 valence electrons. The van der Waals surface area contributed by atoms with Gasteiger partial charge in [-0.1, -0.05) is 86.1 Å². The molecule has 0 spiro atoms. The molecule has 0 unspecified atom stereocenters. The second-order valence-corrected chi connectivity index (χ2v) is 10.6. The van der Waals surface area contributed by atoms with E-state index in [1.54, 1.807) is 21.3 Å². The minimum absolute atomic E-state index is 0.667. The van der Waals surface area contributed by atoms with Gasteiger partial charge >= 0.3 is 0 Å². The SMILES string of the molecule is CCCCn1c(-c2ccccc2)nc(-c2ccccc2)c1CN(Cc1ccc(OC)cc1)Cc1cc(OC)ccc1OC. The predicted octanol–water partition coefficient (Wildman–Crippen LogP) is 8.25. The van der Waals surface area contributed by atoms with Gasteiger partial charge in [0.2, 0.25) is 0 Å². The fraction of sp³-hybridized carbons (Fsp3) is 0.270. The van der Waals surface area contributed by atoms with Crippen LogP contribution in [0.1, 0.15) is 36.6 Å². The molecule has 43 heavy (non-hydrogen) atoms. The third kappa shape index (κ3) is 7.27. The minimum Gasteiger partial charge on any atom is -0.497 e. The van der Waals surface area contributed by atoms with E-state index in [1.807, 2.05) is 24.3 Å². The molecule has 0 N–H and O–H groups in total. The maximum atomic E-state index is 5.79. The highest BCUT2D eigenvalue weighted by molar-refractivity contribution is 5.68. The predicted molar refractivity (Wildman–Crippen MR) is 173 cm³/mol. The molecule has 4 aromatic carbocycles. The molecule has 6 nitrogen and oxygen atoms in total. The van der Waals surface area contributed by atoms with Gasteiger partial charge in [-0.05, 0) is 42.3 Å². The van der Waals surface area contributed by atoms with E-state index in [0.717, 1.165) is 71.4 Å². The number of aromatic nitrogens is 2. The van der Waals surface area contributed by atoms with Crippen molar-refractivity contribution in [1.82, 2.24) is 14.5 Å². The summed E-state index contributed by atoms with van der Waals surface area (Å²) in [6.45, 7) is 5.23. The number of ether oxygens (including phenoxy) is 3. The van der Waals surface area contributed by atoms with Gasteiger partial charge in [0.1, 0.15) is 23.1 Å². The van der Waals surface area contributed by atoms with Gasteiger partial charge in [-0.2, -0.15) is 0 Å². The van der Waals surface area contributed by atoms with Crippen LogP contribution in [-0.2, 0) is 26.2 Å². The van der Waals surface area contributed by atoms with Crippen LogP contribution in [0.15, 0.2) is 103 Å². The first-order valence-electron chi connectivity index (χ1n) is 14.9. The topological polar surface area (TPSA) is 48.8 Å². The van der Waals surface area contributed by atoms with Crippen molar-refractivity contribution in [2.45, 2.75) is 45.9 Å². The summed E-state index contributed by atoms with van der Waals surface area (Å²) >= 11 is 0. The maximum Gasteiger partial charge on any atom is 0.140 e. The molecule has 0 aliphatic carbocycles. The average molecular weight is 576 g/mol. The number of benzene rings is 4. The maximum absolute atomic E-state index is 5.79. The van der Waals surface area contributed by atoms with E-state index >= 15 is 0 Å². The molecule has 5 aromatic rings. The Morgan fingerprint density at radius 2 is 1.33 bits per heavy atom. The Balaban J connectivity index is 1.63. The molecule has 5 rings (SSSR count). The summed E-state index contributed by atoms with van der Waals surface area (Å²) in [6, 6.07) is 35.4. The quantitative estimate of drug-likeness (QED) is 0.133. The van der Waals surface area contributed by atoms with Crippen LogP contribution in [0.4, 0.5) is 0 Å². The minimum atomic E-state index is 0.667. The zero-order valence-electron chi connectivity index (χ0n) is 25.6. The van der Waals surface area contributed by atoms with Crippen molar-refractivity contribution in [3.63, 3.8) is 0 Å². The smallest absolute Gasteiger partial charge is 0.140 e. The highest BCUT2D eigenvalue weighted by Gasteiger charge is 2.23. The van der Waals surface area contributed by atoms with Crippen LogP contribution in [0, 0.1) is 0 Å². The third-order valence-corrected chi connectivity index (χ3v) is 7.71. The number of methoxy groups -OCH3 is 3. The Bertz CT molecular complexity index is 1580. The summed E-state index contributed by atoms with van der Waals surface area (Å²) in [5.41, 5.74) is 6.74. The fourth-order valence-electron chi connectivity index (χ4n) is 5.45. The van der Waals surface area contributed by atoms with Gasteiger partial charge in [0, 0.05) is 42.9 Å². The van der Waals surface area contributed by atoms with Gasteiger partial charge in [-0.3, -0.25) is 4.90 Å². The lowest BCUT2D eigenvalue weighted by Gasteiger charge is -2.25. The summed E-state index contributed by atoms with van der Waals surface area (Å²) in [4.78, 5) is 7.79. The number of unbranched alkanes of at least 4 members (excludes halogenated alkanes) is 1. The number of nitrogens with zero attached hydrogens (tertiary/aromatic N) is 3. The van der Waals surface area contributed by atoms with Gasteiger partial charge in [0.05, 0.1) is 32.7 Å². The Morgan fingerprint density at radius 3 is 1.95 bits per heavy atom. The number of hydrogen-bond acceptors (Lipinski definition) is 5. The van der Waals surface area contributed by atoms with Crippen LogP contribution < -0.4 is 14.2 Å². The lowest BCUT2D eigenvalue weighted by molar-refractivity contribution is 0.237. The molecular formula is C37H41N3O3. The zero-order valence-corrected chi connectivity index (χ0v) is 25.6. The fourth-order valence-corrected chi connectivity index (χ4v) is 5.45. The normalized spacial score (nSPS) is 11.1. The van der Waals surface area contributed by atoms with Gasteiger partial charge in [0.25, 0.3) is 0 Å². The third-order valence-electron chi connectivity index (χ3n) is 7.71. The molecular weight excluding hydrogens is 534 g/mol. The molecule has 0 atom stereocenters. The first kappa shape index (κ1) is 29.9. The molecule has 6 heteroatoms. The Hall–Kier alpha value is -4.55. The van der Waals surface area contributed by atoms with E-state index in [9.17, 15) is 0 Å². The van der Waals surface area contributed by atoms with Crippen LogP contribution >= 0.6 is 0 Å². The van der Waals surface area contributed by atoms with Crippen LogP contribution in [0.5, 0.6) is 17.2 Å². The van der Waals surface area contributed by atoms with Crippen molar-refractivity contribution in [3.8, 4) is 39.9 Å². The molecule has 0 saturated heterocycles. The van der Waals surface area contributed by atoms with Gasteiger partial charge in [-0.25, -0.2) is 4.98 Å². The molecule has 1 heterocycles. The summed E-state index contributed by atoms with van der Waals surface area (Å²) in [7, 11) is 5.12. The standard InChI is InChI=1S/C37H41N3O3/c1-5-6-23-40-34(36(29-13-9-7-10-14-29)38-37(40)30-15-11-8-12-16-30)27-39(25-28-17-19-32(41-2)20-18-28)26-31-24-33(42-3)21-22-35(31)43-4/h7-22,24H,5-6,23,25-27H2,1-4H3. The average Bonchev–Trinajstić information content (AvgIpc) is 3.42. The van der Waals surface area contributed by atoms with Crippen LogP contribution in [0.2, 0.25) is 0 Å². The van der Waals surface area contributed by atoms with Crippen molar-refractivity contribution in [3.05, 3.63) is 120 Å². The highest BCUT2D eigenvalue weighted by Crippen LogP contribution is 2.33. The first-order chi connectivity index (χ1) is 21.1. The van der Waals surface area contributed by atoms with Crippen molar-refractivity contribution >= 4 is 0 Å². The Kier molecular flexibility index (Phi) is 10.1. The molecule has 0 aliphatic heterocycles. The summed E-state index contributed by atoms with van der Waals surface area (Å²) in [6.07, 6.45) is 2.17. The Morgan fingerprint density at radius 1 is 0.674 bits per heavy atom. The lowest BCUT2D eigenvalue weighted by Crippen LogP contribution is -2.25. The van der Waals surface area contributed by atoms with Crippen molar-refractivity contribution in [2.75, 3.05) is 21.3 Å². The lowest BCUT2D eigenvalue weighted by atomic mass is 10.1. The van der Waals surface area contributed by atoms with Crippen LogP contribution in [0.25, 0.3) is 22.6 Å². The molecule has 0 bridgehead atoms. The van der Waals surface area contributed by atoms with E-state index in [-0.39, 0.29) is 0 Å². The summed E-state index contributed by atoms with van der Waals surface area (Å²) in [5, 5.41) is 0. The molecule has 0 amide bonds. The van der Waals surface area contributed by atoms with E-state index < -0.39 is 0 Å². The van der Waals surface area contributed by atoms with E-state index in [1.165, 1.54) is 11.3 Å². The van der Waals surface area contributed by atoms with Crippen molar-refractivity contribution in [2.24, 2.45) is 0 Å². The highest BCUT2D eigenvalue weighted by atomic mass is 16.5. The van der Waals surface area contributed by atoms with Crippen LogP contribution in [-0.4, -0.2) is 35.8 Å². The monoisotopic (exact) mass is 575 g/mol. The molecule has 0 fully saturated rings. The van der Waals surface area contributed by atoms with Crippen molar-refractivity contribution < 1.29 is 14.2 Å². The van der Waals surface area contributed by atoms with Crippen LogP contribution in [0.3, 0.4) is 0 Å². The largest absolute Gasteiger partial charge is 0.497 e. The van der Waals surface area contributed by atoms with Gasteiger partial charge < -0.3 is 18.8 Å². The Labute approximate surface area is 255 Å². The van der Waals surface area contributed by atoms with E-state index in [2.05, 4.69) is 95.3 Å². The molecule has 0 aliphatic rings. The molecule has 0 saturated carbocycles. The number of imidazole rings is 1. The second-order valence-electron chi connectivity index (χ2n) is 10.6. The van der Waals surface area contributed by atoms with E-state index in [4.69, 9.17) is 19.2 Å². The number of hydrogen-bond donors (Lipinski definition) is 0. The van der Waals surface area contributed by atoms with Gasteiger partial charge in [0.15, 0.2) is 0 Å².